The van der Waals surface area contributed by atoms with Gasteiger partial charge in [0, 0.05) is 30.4 Å². The van der Waals surface area contributed by atoms with E-state index in [4.69, 9.17) is 4.74 Å². The van der Waals surface area contributed by atoms with Gasteiger partial charge in [0.2, 0.25) is 5.95 Å². The van der Waals surface area contributed by atoms with Crippen LogP contribution in [0.25, 0.3) is 0 Å². The fraction of sp³-hybridized carbons (Fsp3) is 0.200. The third-order valence-corrected chi connectivity index (χ3v) is 3.80. The molecule has 0 amide bonds. The van der Waals surface area contributed by atoms with Crippen molar-refractivity contribution in [3.63, 3.8) is 0 Å². The molecule has 3 aromatic rings. The topological polar surface area (TPSA) is 59.1 Å². The van der Waals surface area contributed by atoms with Crippen LogP contribution in [0.4, 0.5) is 11.8 Å². The van der Waals surface area contributed by atoms with Crippen LogP contribution in [0.5, 0.6) is 5.75 Å². The number of rotatable bonds is 7. The third kappa shape index (κ3) is 4.70. The molecule has 2 N–H and O–H groups in total. The number of hydrogen-bond donors (Lipinski definition) is 2. The number of aryl methyl sites for hydroxylation is 1. The van der Waals surface area contributed by atoms with E-state index in [0.29, 0.717) is 12.5 Å². The van der Waals surface area contributed by atoms with Crippen molar-refractivity contribution in [2.24, 2.45) is 0 Å². The molecule has 1 aromatic heterocycles. The summed E-state index contributed by atoms with van der Waals surface area (Å²) in [5, 5.41) is 6.62. The molecule has 0 atom stereocenters. The minimum Gasteiger partial charge on any atom is -0.496 e. The van der Waals surface area contributed by atoms with E-state index in [1.807, 2.05) is 55.5 Å². The lowest BCUT2D eigenvalue weighted by molar-refractivity contribution is 0.410. The zero-order valence-corrected chi connectivity index (χ0v) is 14.5. The fourth-order valence-corrected chi connectivity index (χ4v) is 2.55. The number of benzene rings is 2. The van der Waals surface area contributed by atoms with Gasteiger partial charge in [-0.25, -0.2) is 4.98 Å². The van der Waals surface area contributed by atoms with E-state index in [2.05, 4.69) is 32.7 Å². The number of methoxy groups -OCH3 is 1. The first-order valence-corrected chi connectivity index (χ1v) is 8.24. The summed E-state index contributed by atoms with van der Waals surface area (Å²) in [4.78, 5) is 9.00. The van der Waals surface area contributed by atoms with Gasteiger partial charge in [0.1, 0.15) is 11.6 Å². The first-order chi connectivity index (χ1) is 12.2. The molecule has 0 radical (unpaired) electrons. The van der Waals surface area contributed by atoms with Crippen LogP contribution in [0.3, 0.4) is 0 Å². The maximum absolute atomic E-state index is 5.38. The van der Waals surface area contributed by atoms with E-state index in [0.717, 1.165) is 29.4 Å². The monoisotopic (exact) mass is 334 g/mol. The molecule has 3 rings (SSSR count). The van der Waals surface area contributed by atoms with E-state index in [9.17, 15) is 0 Å². The Morgan fingerprint density at radius 3 is 2.44 bits per heavy atom. The molecule has 0 aliphatic carbocycles. The predicted octanol–water partition coefficient (Wildman–Crippen LogP) is 4.02. The second-order valence-corrected chi connectivity index (χ2v) is 5.72. The molecule has 0 fully saturated rings. The SMILES string of the molecule is COc1ccccc1CNc1nc(C)cc(NCc2ccccc2)n1. The van der Waals surface area contributed by atoms with Crippen molar-refractivity contribution in [1.29, 1.82) is 0 Å². The van der Waals surface area contributed by atoms with Gasteiger partial charge in [0.15, 0.2) is 0 Å². The molecule has 5 nitrogen and oxygen atoms in total. The Balaban J connectivity index is 1.67. The Morgan fingerprint density at radius 2 is 1.64 bits per heavy atom. The zero-order chi connectivity index (χ0) is 17.5. The summed E-state index contributed by atoms with van der Waals surface area (Å²) in [6.45, 7) is 3.29. The molecule has 1 heterocycles. The van der Waals surface area contributed by atoms with Crippen LogP contribution in [-0.4, -0.2) is 17.1 Å². The highest BCUT2D eigenvalue weighted by Crippen LogP contribution is 2.19. The van der Waals surface area contributed by atoms with Crippen molar-refractivity contribution >= 4 is 11.8 Å². The van der Waals surface area contributed by atoms with Crippen molar-refractivity contribution in [2.75, 3.05) is 17.7 Å². The van der Waals surface area contributed by atoms with Crippen LogP contribution in [0.1, 0.15) is 16.8 Å². The average molecular weight is 334 g/mol. The van der Waals surface area contributed by atoms with Crippen molar-refractivity contribution in [2.45, 2.75) is 20.0 Å². The molecule has 0 saturated carbocycles. The third-order valence-electron chi connectivity index (χ3n) is 3.80. The summed E-state index contributed by atoms with van der Waals surface area (Å²) in [5.41, 5.74) is 3.18. The molecular formula is C20H22N4O. The minimum atomic E-state index is 0.599. The molecule has 0 spiro atoms. The van der Waals surface area contributed by atoms with Crippen molar-refractivity contribution < 1.29 is 4.74 Å². The second kappa shape index (κ2) is 8.15. The smallest absolute Gasteiger partial charge is 0.225 e. The van der Waals surface area contributed by atoms with E-state index < -0.39 is 0 Å². The Labute approximate surface area is 148 Å². The summed E-state index contributed by atoms with van der Waals surface area (Å²) in [6.07, 6.45) is 0. The van der Waals surface area contributed by atoms with Gasteiger partial charge in [-0.3, -0.25) is 0 Å². The number of aromatic nitrogens is 2. The standard InChI is InChI=1S/C20H22N4O/c1-15-12-19(21-13-16-8-4-3-5-9-16)24-20(23-15)22-14-17-10-6-7-11-18(17)25-2/h3-12H,13-14H2,1-2H3,(H2,21,22,23,24). The van der Waals surface area contributed by atoms with E-state index >= 15 is 0 Å². The van der Waals surface area contributed by atoms with E-state index in [1.54, 1.807) is 7.11 Å². The first kappa shape index (κ1) is 16.8. The molecule has 0 aliphatic heterocycles. The molecule has 128 valence electrons. The van der Waals surface area contributed by atoms with Gasteiger partial charge in [0.05, 0.1) is 7.11 Å². The molecule has 5 heteroatoms. The van der Waals surface area contributed by atoms with Crippen LogP contribution < -0.4 is 15.4 Å². The molecule has 0 aliphatic rings. The molecule has 0 bridgehead atoms. The largest absolute Gasteiger partial charge is 0.496 e. The highest BCUT2D eigenvalue weighted by atomic mass is 16.5. The highest BCUT2D eigenvalue weighted by molar-refractivity contribution is 5.44. The Hall–Kier alpha value is -3.08. The van der Waals surface area contributed by atoms with E-state index in [1.165, 1.54) is 5.56 Å². The quantitative estimate of drug-likeness (QED) is 0.683. The number of ether oxygens (including phenoxy) is 1. The number of nitrogens with zero attached hydrogens (tertiary/aromatic N) is 2. The van der Waals surface area contributed by atoms with Gasteiger partial charge < -0.3 is 15.4 Å². The van der Waals surface area contributed by atoms with Gasteiger partial charge in [-0.2, -0.15) is 4.98 Å². The van der Waals surface area contributed by atoms with Crippen molar-refractivity contribution in [1.82, 2.24) is 9.97 Å². The maximum atomic E-state index is 5.38. The van der Waals surface area contributed by atoms with E-state index in [-0.39, 0.29) is 0 Å². The normalized spacial score (nSPS) is 10.3. The summed E-state index contributed by atoms with van der Waals surface area (Å²) in [5.74, 6) is 2.26. The zero-order valence-electron chi connectivity index (χ0n) is 14.5. The van der Waals surface area contributed by atoms with Gasteiger partial charge in [0.25, 0.3) is 0 Å². The van der Waals surface area contributed by atoms with Crippen LogP contribution >= 0.6 is 0 Å². The summed E-state index contributed by atoms with van der Waals surface area (Å²) in [7, 11) is 1.67. The van der Waals surface area contributed by atoms with Crippen LogP contribution in [0.2, 0.25) is 0 Å². The number of para-hydroxylation sites is 1. The molecular weight excluding hydrogens is 312 g/mol. The van der Waals surface area contributed by atoms with Gasteiger partial charge in [-0.05, 0) is 18.6 Å². The van der Waals surface area contributed by atoms with Gasteiger partial charge in [-0.1, -0.05) is 48.5 Å². The number of nitrogens with one attached hydrogen (secondary N) is 2. The lowest BCUT2D eigenvalue weighted by Gasteiger charge is -2.12. The second-order valence-electron chi connectivity index (χ2n) is 5.72. The summed E-state index contributed by atoms with van der Waals surface area (Å²) in [6, 6.07) is 20.1. The minimum absolute atomic E-state index is 0.599. The molecule has 0 saturated heterocycles. The van der Waals surface area contributed by atoms with Crippen molar-refractivity contribution in [3.8, 4) is 5.75 Å². The number of anilines is 2. The Morgan fingerprint density at radius 1 is 0.880 bits per heavy atom. The molecule has 2 aromatic carbocycles. The Kier molecular flexibility index (Phi) is 5.46. The van der Waals surface area contributed by atoms with Crippen LogP contribution in [0.15, 0.2) is 60.7 Å². The van der Waals surface area contributed by atoms with Gasteiger partial charge in [-0.15, -0.1) is 0 Å². The highest BCUT2D eigenvalue weighted by Gasteiger charge is 2.05. The maximum Gasteiger partial charge on any atom is 0.225 e. The van der Waals surface area contributed by atoms with Crippen LogP contribution in [-0.2, 0) is 13.1 Å². The fourth-order valence-electron chi connectivity index (χ4n) is 2.55. The number of hydrogen-bond acceptors (Lipinski definition) is 5. The molecule has 0 unspecified atom stereocenters. The molecule has 25 heavy (non-hydrogen) atoms. The predicted molar refractivity (Wildman–Crippen MR) is 101 cm³/mol. The summed E-state index contributed by atoms with van der Waals surface area (Å²) >= 11 is 0. The average Bonchev–Trinajstić information content (AvgIpc) is 2.65. The Bertz CT molecular complexity index is 821. The van der Waals surface area contributed by atoms with Gasteiger partial charge >= 0.3 is 0 Å². The van der Waals surface area contributed by atoms with Crippen molar-refractivity contribution in [3.05, 3.63) is 77.5 Å². The lowest BCUT2D eigenvalue weighted by Crippen LogP contribution is -2.08. The first-order valence-electron chi connectivity index (χ1n) is 8.24. The lowest BCUT2D eigenvalue weighted by atomic mass is 10.2. The van der Waals surface area contributed by atoms with Crippen LogP contribution in [0, 0.1) is 6.92 Å². The summed E-state index contributed by atoms with van der Waals surface area (Å²) < 4.78 is 5.38.